The van der Waals surface area contributed by atoms with Gasteiger partial charge in [-0.15, -0.1) is 0 Å². The van der Waals surface area contributed by atoms with Crippen molar-refractivity contribution in [1.29, 1.82) is 0 Å². The van der Waals surface area contributed by atoms with Crippen molar-refractivity contribution in [3.8, 4) is 11.5 Å². The quantitative estimate of drug-likeness (QED) is 0.728. The molecule has 0 amide bonds. The Morgan fingerprint density at radius 3 is 3.05 bits per heavy atom. The Bertz CT molecular complexity index is 600. The minimum absolute atomic E-state index is 0.220. The van der Waals surface area contributed by atoms with Crippen LogP contribution in [0, 0.1) is 12.8 Å². The molecular weight excluding hydrogens is 254 g/mol. The van der Waals surface area contributed by atoms with Crippen molar-refractivity contribution in [2.24, 2.45) is 5.92 Å². The molecule has 0 saturated heterocycles. The molecule has 0 saturated carbocycles. The SMILES string of the molecule is Cc1ccc(-c2[nH]ncc2CN[C@@H]2C=C[C@H](CO)C2)o1. The molecule has 2 aromatic rings. The van der Waals surface area contributed by atoms with Crippen molar-refractivity contribution in [2.45, 2.75) is 25.9 Å². The van der Waals surface area contributed by atoms with E-state index in [0.29, 0.717) is 6.04 Å². The molecule has 0 bridgehead atoms. The van der Waals surface area contributed by atoms with Gasteiger partial charge in [-0.2, -0.15) is 5.10 Å². The first-order valence-corrected chi connectivity index (χ1v) is 6.88. The summed E-state index contributed by atoms with van der Waals surface area (Å²) < 4.78 is 5.63. The van der Waals surface area contributed by atoms with E-state index in [1.807, 2.05) is 25.3 Å². The third-order valence-electron chi connectivity index (χ3n) is 3.67. The van der Waals surface area contributed by atoms with Crippen LogP contribution in [0.5, 0.6) is 0 Å². The average molecular weight is 273 g/mol. The molecule has 0 aliphatic heterocycles. The van der Waals surface area contributed by atoms with Crippen molar-refractivity contribution in [3.05, 3.63) is 41.8 Å². The fraction of sp³-hybridized carbons (Fsp3) is 0.400. The number of rotatable bonds is 5. The van der Waals surface area contributed by atoms with Gasteiger partial charge in [0, 0.05) is 30.7 Å². The lowest BCUT2D eigenvalue weighted by Gasteiger charge is -2.12. The molecule has 2 aromatic heterocycles. The highest BCUT2D eigenvalue weighted by molar-refractivity contribution is 5.56. The zero-order chi connectivity index (χ0) is 13.9. The lowest BCUT2D eigenvalue weighted by molar-refractivity contribution is 0.246. The smallest absolute Gasteiger partial charge is 0.152 e. The number of aromatic amines is 1. The maximum absolute atomic E-state index is 9.12. The fourth-order valence-corrected chi connectivity index (χ4v) is 2.53. The summed E-state index contributed by atoms with van der Waals surface area (Å²) in [5, 5.41) is 19.7. The third-order valence-corrected chi connectivity index (χ3v) is 3.67. The highest BCUT2D eigenvalue weighted by Gasteiger charge is 2.18. The van der Waals surface area contributed by atoms with Crippen LogP contribution < -0.4 is 5.32 Å². The number of furan rings is 1. The van der Waals surface area contributed by atoms with Crippen LogP contribution in [-0.4, -0.2) is 28.0 Å². The molecule has 5 nitrogen and oxygen atoms in total. The number of hydrogen-bond acceptors (Lipinski definition) is 4. The molecule has 2 atom stereocenters. The number of nitrogens with zero attached hydrogens (tertiary/aromatic N) is 1. The van der Waals surface area contributed by atoms with Gasteiger partial charge in [-0.1, -0.05) is 12.2 Å². The van der Waals surface area contributed by atoms with Gasteiger partial charge < -0.3 is 14.8 Å². The Kier molecular flexibility index (Phi) is 3.71. The molecule has 0 aromatic carbocycles. The highest BCUT2D eigenvalue weighted by atomic mass is 16.3. The zero-order valence-electron chi connectivity index (χ0n) is 11.5. The normalized spacial score (nSPS) is 21.7. The standard InChI is InChI=1S/C15H19N3O2/c1-10-2-5-14(20-10)15-12(8-17-18-15)7-16-13-4-3-11(6-13)9-19/h2-5,8,11,13,16,19H,6-7,9H2,1H3,(H,17,18)/t11-,13+/m0/s1. The molecular formula is C15H19N3O2. The van der Waals surface area contributed by atoms with E-state index in [-0.39, 0.29) is 12.5 Å². The molecule has 2 heterocycles. The van der Waals surface area contributed by atoms with E-state index in [9.17, 15) is 0 Å². The van der Waals surface area contributed by atoms with Gasteiger partial charge in [-0.25, -0.2) is 0 Å². The molecule has 5 heteroatoms. The Hall–Kier alpha value is -1.85. The second-order valence-corrected chi connectivity index (χ2v) is 5.23. The molecule has 3 rings (SSSR count). The van der Waals surface area contributed by atoms with Gasteiger partial charge in [0.1, 0.15) is 11.5 Å². The van der Waals surface area contributed by atoms with E-state index >= 15 is 0 Å². The maximum Gasteiger partial charge on any atom is 0.152 e. The van der Waals surface area contributed by atoms with Crippen LogP contribution in [0.2, 0.25) is 0 Å². The predicted octanol–water partition coefficient (Wildman–Crippen LogP) is 2.00. The average Bonchev–Trinajstić information content (AvgIpc) is 3.16. The number of aryl methyl sites for hydroxylation is 1. The summed E-state index contributed by atoms with van der Waals surface area (Å²) in [6, 6.07) is 4.20. The van der Waals surface area contributed by atoms with Crippen molar-refractivity contribution in [1.82, 2.24) is 15.5 Å². The second-order valence-electron chi connectivity index (χ2n) is 5.23. The van der Waals surface area contributed by atoms with Crippen molar-refractivity contribution in [2.75, 3.05) is 6.61 Å². The van der Waals surface area contributed by atoms with Gasteiger partial charge in [-0.3, -0.25) is 5.10 Å². The minimum atomic E-state index is 0.220. The van der Waals surface area contributed by atoms with Crippen LogP contribution in [-0.2, 0) is 6.54 Å². The number of aliphatic hydroxyl groups excluding tert-OH is 1. The van der Waals surface area contributed by atoms with Crippen LogP contribution in [0.3, 0.4) is 0 Å². The van der Waals surface area contributed by atoms with Crippen molar-refractivity contribution in [3.63, 3.8) is 0 Å². The maximum atomic E-state index is 9.12. The molecule has 1 aliphatic rings. The minimum Gasteiger partial charge on any atom is -0.460 e. The first-order valence-electron chi connectivity index (χ1n) is 6.88. The Morgan fingerprint density at radius 1 is 1.45 bits per heavy atom. The summed E-state index contributed by atoms with van der Waals surface area (Å²) in [4.78, 5) is 0. The van der Waals surface area contributed by atoms with Crippen molar-refractivity contribution >= 4 is 0 Å². The van der Waals surface area contributed by atoms with Gasteiger partial charge in [0.25, 0.3) is 0 Å². The molecule has 0 spiro atoms. The number of aliphatic hydroxyl groups is 1. The molecule has 0 fully saturated rings. The monoisotopic (exact) mass is 273 g/mol. The second kappa shape index (κ2) is 5.64. The predicted molar refractivity (Wildman–Crippen MR) is 76.0 cm³/mol. The van der Waals surface area contributed by atoms with E-state index in [0.717, 1.165) is 35.7 Å². The summed E-state index contributed by atoms with van der Waals surface area (Å²) in [6.45, 7) is 2.87. The number of aromatic nitrogens is 2. The molecule has 0 radical (unpaired) electrons. The molecule has 106 valence electrons. The van der Waals surface area contributed by atoms with Gasteiger partial charge >= 0.3 is 0 Å². The van der Waals surface area contributed by atoms with Crippen LogP contribution in [0.4, 0.5) is 0 Å². The van der Waals surface area contributed by atoms with E-state index in [2.05, 4.69) is 27.7 Å². The van der Waals surface area contributed by atoms with Gasteiger partial charge in [0.2, 0.25) is 0 Å². The lowest BCUT2D eigenvalue weighted by Crippen LogP contribution is -2.26. The number of nitrogens with one attached hydrogen (secondary N) is 2. The largest absolute Gasteiger partial charge is 0.460 e. The van der Waals surface area contributed by atoms with Crippen LogP contribution in [0.1, 0.15) is 17.7 Å². The Balaban J connectivity index is 1.64. The fourth-order valence-electron chi connectivity index (χ4n) is 2.53. The molecule has 20 heavy (non-hydrogen) atoms. The van der Waals surface area contributed by atoms with E-state index < -0.39 is 0 Å². The zero-order valence-corrected chi connectivity index (χ0v) is 11.5. The van der Waals surface area contributed by atoms with Crippen molar-refractivity contribution < 1.29 is 9.52 Å². The molecule has 0 unspecified atom stereocenters. The number of H-pyrrole nitrogens is 1. The first-order chi connectivity index (χ1) is 9.76. The van der Waals surface area contributed by atoms with E-state index in [1.54, 1.807) is 0 Å². The highest BCUT2D eigenvalue weighted by Crippen LogP contribution is 2.24. The van der Waals surface area contributed by atoms with Gasteiger partial charge in [0.05, 0.1) is 6.20 Å². The van der Waals surface area contributed by atoms with Crippen LogP contribution in [0.25, 0.3) is 11.5 Å². The first kappa shape index (κ1) is 13.1. The van der Waals surface area contributed by atoms with E-state index in [1.165, 1.54) is 0 Å². The topological polar surface area (TPSA) is 74.1 Å². The third kappa shape index (κ3) is 2.69. The molecule has 1 aliphatic carbocycles. The Morgan fingerprint density at radius 2 is 2.35 bits per heavy atom. The summed E-state index contributed by atoms with van der Waals surface area (Å²) in [6.07, 6.45) is 6.97. The van der Waals surface area contributed by atoms with Crippen LogP contribution >= 0.6 is 0 Å². The summed E-state index contributed by atoms with van der Waals surface area (Å²) in [5.74, 6) is 1.98. The van der Waals surface area contributed by atoms with Gasteiger partial charge in [-0.05, 0) is 25.5 Å². The summed E-state index contributed by atoms with van der Waals surface area (Å²) in [5.41, 5.74) is 2.01. The van der Waals surface area contributed by atoms with Crippen LogP contribution in [0.15, 0.2) is 34.9 Å². The van der Waals surface area contributed by atoms with Gasteiger partial charge in [0.15, 0.2) is 5.76 Å². The lowest BCUT2D eigenvalue weighted by atomic mass is 10.1. The Labute approximate surface area is 117 Å². The van der Waals surface area contributed by atoms with E-state index in [4.69, 9.17) is 9.52 Å². The summed E-state index contributed by atoms with van der Waals surface area (Å²) >= 11 is 0. The molecule has 3 N–H and O–H groups in total. The number of hydrogen-bond donors (Lipinski definition) is 3. The summed E-state index contributed by atoms with van der Waals surface area (Å²) in [7, 11) is 0.